The number of nitrogens with zero attached hydrogens (tertiary/aromatic N) is 1. The predicted molar refractivity (Wildman–Crippen MR) is 131 cm³/mol. The van der Waals surface area contributed by atoms with Gasteiger partial charge in [0.15, 0.2) is 5.22 Å². The van der Waals surface area contributed by atoms with Crippen LogP contribution >= 0.6 is 20.0 Å². The summed E-state index contributed by atoms with van der Waals surface area (Å²) in [5.41, 5.74) is 5.09. The van der Waals surface area contributed by atoms with Crippen LogP contribution in [0.2, 0.25) is 0 Å². The largest absolute Gasteiger partial charge is 0.483 e. The van der Waals surface area contributed by atoms with Gasteiger partial charge in [-0.05, 0) is 57.4 Å². The van der Waals surface area contributed by atoms with Crippen LogP contribution < -0.4 is 0 Å². The summed E-state index contributed by atoms with van der Waals surface area (Å²) in [5, 5.41) is 1.50. The third kappa shape index (κ3) is 7.11. The lowest BCUT2D eigenvalue weighted by Gasteiger charge is -2.32. The topological polar surface area (TPSA) is 21.6 Å². The lowest BCUT2D eigenvalue weighted by atomic mass is 9.74. The van der Waals surface area contributed by atoms with Gasteiger partial charge in [-0.3, -0.25) is 0 Å². The molecule has 4 heteroatoms. The standard InChI is InChI=1S/C25H41ClNOP/c1-13-28-22(26)21(16(2)3)29-27-20-18(24(7,8)9)14-17(23(4,5)6)15-19(20)25(10,11)12/h14-16H,13H2,1-12H3/b22-21+. The normalized spacial score (nSPS) is 14.6. The van der Waals surface area contributed by atoms with E-state index >= 15 is 0 Å². The van der Waals surface area contributed by atoms with Crippen LogP contribution in [-0.2, 0) is 21.0 Å². The van der Waals surface area contributed by atoms with Crippen LogP contribution in [0.1, 0.15) is 99.8 Å². The highest BCUT2D eigenvalue weighted by molar-refractivity contribution is 7.32. The van der Waals surface area contributed by atoms with E-state index in [-0.39, 0.29) is 22.2 Å². The maximum atomic E-state index is 6.44. The van der Waals surface area contributed by atoms with Gasteiger partial charge < -0.3 is 4.74 Å². The fourth-order valence-corrected chi connectivity index (χ4v) is 4.24. The van der Waals surface area contributed by atoms with Crippen molar-refractivity contribution in [2.75, 3.05) is 6.61 Å². The Morgan fingerprint density at radius 3 is 1.69 bits per heavy atom. The summed E-state index contributed by atoms with van der Waals surface area (Å²) >= 11 is 6.44. The Morgan fingerprint density at radius 2 is 1.38 bits per heavy atom. The van der Waals surface area contributed by atoms with E-state index < -0.39 is 0 Å². The van der Waals surface area contributed by atoms with Crippen molar-refractivity contribution >= 4 is 25.7 Å². The van der Waals surface area contributed by atoms with E-state index in [9.17, 15) is 0 Å². The summed E-state index contributed by atoms with van der Waals surface area (Å²) < 4.78 is 10.7. The summed E-state index contributed by atoms with van der Waals surface area (Å²) in [4.78, 5) is 0. The zero-order valence-corrected chi connectivity index (χ0v) is 22.3. The number of benzene rings is 1. The van der Waals surface area contributed by atoms with E-state index in [1.165, 1.54) is 16.7 Å². The molecule has 0 unspecified atom stereocenters. The molecule has 0 bridgehead atoms. The van der Waals surface area contributed by atoms with E-state index in [1.54, 1.807) is 0 Å². The fourth-order valence-electron chi connectivity index (χ4n) is 3.00. The number of hydrogen-bond acceptors (Lipinski definition) is 2. The van der Waals surface area contributed by atoms with Crippen molar-refractivity contribution in [3.05, 3.63) is 39.4 Å². The molecule has 0 saturated heterocycles. The molecule has 0 aliphatic carbocycles. The number of rotatable bonds is 5. The first-order chi connectivity index (χ1) is 13.0. The van der Waals surface area contributed by atoms with Crippen LogP contribution in [0.3, 0.4) is 0 Å². The smallest absolute Gasteiger partial charge is 0.196 e. The summed E-state index contributed by atoms with van der Waals surface area (Å²) in [6.07, 6.45) is 0. The predicted octanol–water partition coefficient (Wildman–Crippen LogP) is 9.44. The molecule has 0 heterocycles. The molecule has 1 aromatic carbocycles. The van der Waals surface area contributed by atoms with Gasteiger partial charge in [0, 0.05) is 8.37 Å². The van der Waals surface area contributed by atoms with E-state index in [0.717, 1.165) is 19.4 Å². The molecule has 0 saturated carbocycles. The van der Waals surface area contributed by atoms with Crippen LogP contribution in [0, 0.1) is 5.92 Å². The van der Waals surface area contributed by atoms with E-state index in [2.05, 4.69) is 88.3 Å². The Kier molecular flexibility index (Phi) is 8.60. The summed E-state index contributed by atoms with van der Waals surface area (Å²) in [6, 6.07) is 4.71. The van der Waals surface area contributed by atoms with Gasteiger partial charge in [-0.25, -0.2) is 4.74 Å². The second kappa shape index (κ2) is 9.52. The SMILES string of the molecule is CCO/C(Cl)=C(/P=Nc1c(C(C)(C)C)cc(C(C)(C)C)cc1C(C)(C)C)C(C)C. The van der Waals surface area contributed by atoms with Gasteiger partial charge in [0.2, 0.25) is 0 Å². The highest BCUT2D eigenvalue weighted by atomic mass is 35.5. The molecule has 0 aliphatic rings. The quantitative estimate of drug-likeness (QED) is 0.332. The van der Waals surface area contributed by atoms with Crippen molar-refractivity contribution in [2.45, 2.75) is 99.3 Å². The van der Waals surface area contributed by atoms with E-state index in [1.807, 2.05) is 6.92 Å². The molecular weight excluding hydrogens is 397 g/mol. The molecule has 164 valence electrons. The van der Waals surface area contributed by atoms with Crippen molar-refractivity contribution < 1.29 is 4.74 Å². The molecule has 1 aromatic rings. The molecule has 0 radical (unpaired) electrons. The van der Waals surface area contributed by atoms with Gasteiger partial charge in [0.25, 0.3) is 0 Å². The molecule has 0 amide bonds. The molecule has 0 spiro atoms. The Labute approximate surface area is 186 Å². The summed E-state index contributed by atoms with van der Waals surface area (Å²) in [6.45, 7) is 27.2. The van der Waals surface area contributed by atoms with Gasteiger partial charge >= 0.3 is 0 Å². The molecule has 0 fully saturated rings. The summed E-state index contributed by atoms with van der Waals surface area (Å²) in [7, 11) is 0.853. The molecule has 1 rings (SSSR count). The Balaban J connectivity index is 3.86. The number of allylic oxidation sites excluding steroid dienone is 1. The van der Waals surface area contributed by atoms with Crippen LogP contribution in [0.4, 0.5) is 5.69 Å². The van der Waals surface area contributed by atoms with Crippen LogP contribution in [0.15, 0.2) is 27.4 Å². The van der Waals surface area contributed by atoms with Crippen molar-refractivity contribution in [3.63, 3.8) is 0 Å². The monoisotopic (exact) mass is 437 g/mol. The summed E-state index contributed by atoms with van der Waals surface area (Å²) in [5.74, 6) is 0.268. The molecule has 29 heavy (non-hydrogen) atoms. The zero-order chi connectivity index (χ0) is 22.8. The average Bonchev–Trinajstić information content (AvgIpc) is 2.51. The third-order valence-electron chi connectivity index (χ3n) is 4.87. The van der Waals surface area contributed by atoms with Crippen molar-refractivity contribution in [1.82, 2.24) is 0 Å². The number of halogens is 1. The van der Waals surface area contributed by atoms with Gasteiger partial charge in [-0.2, -0.15) is 0 Å². The molecule has 0 atom stereocenters. The molecule has 0 aromatic heterocycles. The second-order valence-corrected chi connectivity index (χ2v) is 12.3. The first-order valence-corrected chi connectivity index (χ1v) is 11.9. The molecule has 0 N–H and O–H groups in total. The van der Waals surface area contributed by atoms with Gasteiger partial charge in [-0.1, -0.05) is 88.3 Å². The van der Waals surface area contributed by atoms with Crippen molar-refractivity contribution in [1.29, 1.82) is 0 Å². The number of ether oxygens (including phenoxy) is 1. The fraction of sp³-hybridized carbons (Fsp3) is 0.680. The van der Waals surface area contributed by atoms with Crippen molar-refractivity contribution in [2.24, 2.45) is 10.7 Å². The highest BCUT2D eigenvalue weighted by Crippen LogP contribution is 2.45. The Bertz CT molecular complexity index is 736. The Morgan fingerprint density at radius 1 is 0.931 bits per heavy atom. The first kappa shape index (κ1) is 26.2. The van der Waals surface area contributed by atoms with Gasteiger partial charge in [0.05, 0.1) is 17.6 Å². The average molecular weight is 438 g/mol. The maximum absolute atomic E-state index is 6.44. The van der Waals surface area contributed by atoms with Crippen LogP contribution in [0.25, 0.3) is 0 Å². The minimum absolute atomic E-state index is 0.0129. The minimum Gasteiger partial charge on any atom is -0.483 e. The van der Waals surface area contributed by atoms with Gasteiger partial charge in [0.1, 0.15) is 0 Å². The zero-order valence-electron chi connectivity index (χ0n) is 20.6. The lowest BCUT2D eigenvalue weighted by molar-refractivity contribution is 0.251. The third-order valence-corrected chi connectivity index (χ3v) is 6.55. The molecule has 0 aliphatic heterocycles. The maximum Gasteiger partial charge on any atom is 0.196 e. The molecular formula is C25H41ClNOP. The van der Waals surface area contributed by atoms with Gasteiger partial charge in [-0.15, -0.1) is 0 Å². The molecule has 2 nitrogen and oxygen atoms in total. The lowest BCUT2D eigenvalue weighted by Crippen LogP contribution is -2.21. The Hall–Kier alpha value is -0.850. The number of hydrogen-bond donors (Lipinski definition) is 0. The van der Waals surface area contributed by atoms with Crippen molar-refractivity contribution in [3.8, 4) is 0 Å². The second-order valence-electron chi connectivity index (χ2n) is 11.1. The highest BCUT2D eigenvalue weighted by Gasteiger charge is 2.29. The minimum atomic E-state index is -0.0129. The van der Waals surface area contributed by atoms with Crippen LogP contribution in [-0.4, -0.2) is 6.61 Å². The van der Waals surface area contributed by atoms with E-state index in [0.29, 0.717) is 11.8 Å². The first-order valence-electron chi connectivity index (χ1n) is 10.6. The van der Waals surface area contributed by atoms with Crippen LogP contribution in [0.5, 0.6) is 0 Å². The van der Waals surface area contributed by atoms with E-state index in [4.69, 9.17) is 21.1 Å².